The summed E-state index contributed by atoms with van der Waals surface area (Å²) in [6.07, 6.45) is 3.97. The van der Waals surface area contributed by atoms with Crippen molar-refractivity contribution in [3.05, 3.63) is 48.0 Å². The Hall–Kier alpha value is -3.47. The highest BCUT2D eigenvalue weighted by molar-refractivity contribution is 8.00. The minimum absolute atomic E-state index is 0.00639. The number of hydrogen-bond acceptors (Lipinski definition) is 5. The van der Waals surface area contributed by atoms with Gasteiger partial charge in [0.05, 0.1) is 11.9 Å². The van der Waals surface area contributed by atoms with E-state index < -0.39 is 6.04 Å². The molecule has 2 saturated heterocycles. The number of rotatable bonds is 11. The first kappa shape index (κ1) is 27.6. The summed E-state index contributed by atoms with van der Waals surface area (Å²) in [5, 5.41) is 2.49. The number of carbonyl (C=O) groups is 2. The van der Waals surface area contributed by atoms with Crippen molar-refractivity contribution in [1.82, 2.24) is 9.80 Å². The minimum Gasteiger partial charge on any atom is -0.370 e. The van der Waals surface area contributed by atoms with Gasteiger partial charge in [-0.3, -0.25) is 19.6 Å². The van der Waals surface area contributed by atoms with E-state index >= 15 is 0 Å². The van der Waals surface area contributed by atoms with Crippen LogP contribution in [-0.4, -0.2) is 76.4 Å². The van der Waals surface area contributed by atoms with Crippen molar-refractivity contribution in [3.63, 3.8) is 0 Å². The monoisotopic (exact) mass is 538 g/mol. The third-order valence-electron chi connectivity index (χ3n) is 7.05. The first-order valence-corrected chi connectivity index (χ1v) is 14.1. The molecule has 10 nitrogen and oxygen atoms in total. The van der Waals surface area contributed by atoms with Gasteiger partial charge in [0, 0.05) is 31.3 Å². The molecule has 2 aliphatic heterocycles. The van der Waals surface area contributed by atoms with Crippen molar-refractivity contribution in [2.24, 2.45) is 32.9 Å². The Morgan fingerprint density at radius 3 is 2.32 bits per heavy atom. The van der Waals surface area contributed by atoms with Crippen molar-refractivity contribution in [2.45, 2.75) is 55.2 Å². The van der Waals surface area contributed by atoms with Crippen molar-refractivity contribution < 1.29 is 9.59 Å². The third kappa shape index (κ3) is 7.09. The van der Waals surface area contributed by atoms with Gasteiger partial charge < -0.3 is 32.7 Å². The van der Waals surface area contributed by atoms with Gasteiger partial charge in [-0.15, -0.1) is 11.8 Å². The normalized spacial score (nSPS) is 21.3. The summed E-state index contributed by atoms with van der Waals surface area (Å²) in [5.74, 6) is 0.157. The van der Waals surface area contributed by atoms with Crippen LogP contribution in [0.15, 0.2) is 52.4 Å². The number of guanidine groups is 2. The van der Waals surface area contributed by atoms with Crippen molar-refractivity contribution in [3.8, 4) is 0 Å². The van der Waals surface area contributed by atoms with E-state index in [1.165, 1.54) is 16.3 Å². The predicted molar refractivity (Wildman–Crippen MR) is 154 cm³/mol. The highest BCUT2D eigenvalue weighted by Gasteiger charge is 2.46. The summed E-state index contributed by atoms with van der Waals surface area (Å²) < 4.78 is 0. The Kier molecular flexibility index (Phi) is 9.33. The topological polar surface area (TPSA) is 169 Å². The molecule has 0 unspecified atom stereocenters. The van der Waals surface area contributed by atoms with Crippen LogP contribution in [0.3, 0.4) is 0 Å². The molecule has 38 heavy (non-hydrogen) atoms. The number of piperazine rings is 1. The molecule has 2 aromatic rings. The van der Waals surface area contributed by atoms with Gasteiger partial charge in [0.15, 0.2) is 11.9 Å². The van der Waals surface area contributed by atoms with E-state index in [1.54, 1.807) is 11.8 Å². The second-order valence-corrected chi connectivity index (χ2v) is 11.3. The van der Waals surface area contributed by atoms with E-state index in [2.05, 4.69) is 40.3 Å². The molecule has 0 saturated carbocycles. The molecule has 0 radical (unpaired) electrons. The fraction of sp³-hybridized carbons (Fsp3) is 0.481. The summed E-state index contributed by atoms with van der Waals surface area (Å²) >= 11 is 1.79. The second-order valence-electron chi connectivity index (χ2n) is 9.85. The van der Waals surface area contributed by atoms with Crippen LogP contribution in [-0.2, 0) is 16.0 Å². The lowest BCUT2D eigenvalue weighted by atomic mass is 10.0. The van der Waals surface area contributed by atoms with Gasteiger partial charge in [-0.1, -0.05) is 42.5 Å². The number of hydrogen-bond donors (Lipinski definition) is 4. The molecule has 4 rings (SSSR count). The molecule has 0 aliphatic carbocycles. The fourth-order valence-corrected chi connectivity index (χ4v) is 6.87. The van der Waals surface area contributed by atoms with Crippen LogP contribution < -0.4 is 22.9 Å². The molecule has 0 aromatic heterocycles. The van der Waals surface area contributed by atoms with Crippen LogP contribution in [0, 0.1) is 0 Å². The average Bonchev–Trinajstić information content (AvgIpc) is 2.88. The van der Waals surface area contributed by atoms with Crippen LogP contribution in [0.2, 0.25) is 0 Å². The van der Waals surface area contributed by atoms with Crippen LogP contribution in [0.1, 0.15) is 37.7 Å². The third-order valence-corrected chi connectivity index (χ3v) is 8.53. The molecule has 2 heterocycles. The number of carbonyl (C=O) groups excluding carboxylic acids is 2. The molecule has 11 heteroatoms. The maximum absolute atomic E-state index is 13.6. The van der Waals surface area contributed by atoms with Crippen LogP contribution in [0.25, 0.3) is 10.8 Å². The number of aliphatic imine (C=N–C) groups is 2. The first-order valence-electron chi connectivity index (χ1n) is 13.2. The standard InChI is InChI=1S/C27H38N8O2S/c28-26(29)32-12-3-7-21-16-23(36)35-22(8-4-13-33-27(30)31)25(37)34(17-24(35)38-21)14-11-18-9-10-19-5-1-2-6-20(19)15-18/h1-2,5-6,9-10,15,21-22,24H,3-4,7-8,11-14,16-17H2,(H4,28,29,32)(H4,30,31,33)/t21-,22+,24-/m1/s1. The molecule has 2 amide bonds. The van der Waals surface area contributed by atoms with Crippen LogP contribution >= 0.6 is 11.8 Å². The van der Waals surface area contributed by atoms with Gasteiger partial charge in [0.25, 0.3) is 0 Å². The predicted octanol–water partition coefficient (Wildman–Crippen LogP) is 1.36. The van der Waals surface area contributed by atoms with Crippen LogP contribution in [0.4, 0.5) is 0 Å². The van der Waals surface area contributed by atoms with E-state index in [9.17, 15) is 9.59 Å². The van der Waals surface area contributed by atoms with Gasteiger partial charge in [0.2, 0.25) is 11.8 Å². The number of thioether (sulfide) groups is 1. The number of amides is 2. The maximum Gasteiger partial charge on any atom is 0.245 e. The zero-order valence-corrected chi connectivity index (χ0v) is 22.5. The zero-order chi connectivity index (χ0) is 27.1. The molecule has 2 aliphatic rings. The summed E-state index contributed by atoms with van der Waals surface area (Å²) in [6.45, 7) is 2.11. The lowest BCUT2D eigenvalue weighted by Crippen LogP contribution is -2.64. The summed E-state index contributed by atoms with van der Waals surface area (Å²) in [5.41, 5.74) is 23.0. The van der Waals surface area contributed by atoms with Crippen molar-refractivity contribution in [2.75, 3.05) is 26.2 Å². The molecule has 2 aromatic carbocycles. The molecule has 0 bridgehead atoms. The first-order chi connectivity index (χ1) is 18.3. The van der Waals surface area contributed by atoms with Crippen molar-refractivity contribution >= 4 is 46.3 Å². The minimum atomic E-state index is -0.498. The molecule has 8 N–H and O–H groups in total. The van der Waals surface area contributed by atoms with Gasteiger partial charge in [-0.25, -0.2) is 0 Å². The smallest absolute Gasteiger partial charge is 0.245 e. The Morgan fingerprint density at radius 1 is 0.921 bits per heavy atom. The zero-order valence-electron chi connectivity index (χ0n) is 21.7. The van der Waals surface area contributed by atoms with E-state index in [0.717, 1.165) is 19.3 Å². The van der Waals surface area contributed by atoms with Gasteiger partial charge >= 0.3 is 0 Å². The van der Waals surface area contributed by atoms with E-state index in [4.69, 9.17) is 22.9 Å². The van der Waals surface area contributed by atoms with Gasteiger partial charge in [-0.05, 0) is 48.4 Å². The number of nitrogens with zero attached hydrogens (tertiary/aromatic N) is 4. The highest BCUT2D eigenvalue weighted by Crippen LogP contribution is 2.38. The molecule has 2 fully saturated rings. The Balaban J connectivity index is 1.45. The van der Waals surface area contributed by atoms with Gasteiger partial charge in [0.1, 0.15) is 6.04 Å². The Morgan fingerprint density at radius 2 is 1.61 bits per heavy atom. The summed E-state index contributed by atoms with van der Waals surface area (Å²) in [7, 11) is 0. The summed E-state index contributed by atoms with van der Waals surface area (Å²) in [4.78, 5) is 38.8. The van der Waals surface area contributed by atoms with Crippen molar-refractivity contribution in [1.29, 1.82) is 0 Å². The van der Waals surface area contributed by atoms with E-state index in [-0.39, 0.29) is 34.4 Å². The largest absolute Gasteiger partial charge is 0.370 e. The molecule has 0 spiro atoms. The maximum atomic E-state index is 13.6. The quantitative estimate of drug-likeness (QED) is 0.190. The van der Waals surface area contributed by atoms with E-state index in [0.29, 0.717) is 45.4 Å². The Labute approximate surface area is 227 Å². The number of nitrogens with two attached hydrogens (primary N) is 4. The fourth-order valence-electron chi connectivity index (χ4n) is 5.22. The molecule has 3 atom stereocenters. The van der Waals surface area contributed by atoms with E-state index in [1.807, 2.05) is 21.9 Å². The van der Waals surface area contributed by atoms with Crippen LogP contribution in [0.5, 0.6) is 0 Å². The second kappa shape index (κ2) is 12.9. The Bertz CT molecular complexity index is 1190. The molecular formula is C27H38N8O2S. The summed E-state index contributed by atoms with van der Waals surface area (Å²) in [6, 6.07) is 14.2. The number of fused-ring (bicyclic) bond motifs is 2. The SMILES string of the molecule is NC(N)=NCCC[C@@H]1CC(=O)N2[C@@H](CN(CCc3ccc4ccccc4c3)C(=O)[C@@H]2CCCN=C(N)N)S1. The van der Waals surface area contributed by atoms with Gasteiger partial charge in [-0.2, -0.15) is 0 Å². The number of benzene rings is 2. The molecule has 204 valence electrons. The highest BCUT2D eigenvalue weighted by atomic mass is 32.2. The lowest BCUT2D eigenvalue weighted by Gasteiger charge is -2.49. The molecular weight excluding hydrogens is 500 g/mol. The lowest BCUT2D eigenvalue weighted by molar-refractivity contribution is -0.153. The average molecular weight is 539 g/mol.